The highest BCUT2D eigenvalue weighted by atomic mass is 32.2. The van der Waals surface area contributed by atoms with Crippen molar-refractivity contribution in [1.29, 1.82) is 5.26 Å². The van der Waals surface area contributed by atoms with Gasteiger partial charge in [-0.25, -0.2) is 0 Å². The number of rotatable bonds is 3. The molecule has 0 unspecified atom stereocenters. The Balaban J connectivity index is 2.12. The Morgan fingerprint density at radius 1 is 1.44 bits per heavy atom. The summed E-state index contributed by atoms with van der Waals surface area (Å²) in [6, 6.07) is 7.59. The van der Waals surface area contributed by atoms with Gasteiger partial charge in [-0.3, -0.25) is 9.11 Å². The first kappa shape index (κ1) is 13.1. The van der Waals surface area contributed by atoms with Gasteiger partial charge in [-0.2, -0.15) is 5.26 Å². The maximum atomic E-state index is 11.3. The minimum absolute atomic E-state index is 0.645. The quantitative estimate of drug-likeness (QED) is 0.821. The molecule has 0 saturated carbocycles. The summed E-state index contributed by atoms with van der Waals surface area (Å²) in [5.74, 6) is 2.28. The van der Waals surface area contributed by atoms with Gasteiger partial charge in [0.25, 0.3) is 0 Å². The molecular formula is C13H16N2O2S. The fourth-order valence-electron chi connectivity index (χ4n) is 2.05. The van der Waals surface area contributed by atoms with E-state index in [-0.39, 0.29) is 0 Å². The van der Waals surface area contributed by atoms with E-state index in [0.29, 0.717) is 5.56 Å². The van der Waals surface area contributed by atoms with Crippen LogP contribution in [0.15, 0.2) is 18.2 Å². The fourth-order valence-corrected chi connectivity index (χ4v) is 3.17. The van der Waals surface area contributed by atoms with Crippen LogP contribution in [0.4, 0.5) is 0 Å². The number of methoxy groups -OCH3 is 1. The molecule has 0 N–H and O–H groups in total. The standard InChI is InChI=1S/C13H16N2O2S/c1-17-13-3-2-11(9-14)8-12(13)10-15-4-6-18(16)7-5-15/h2-3,8H,4-7,10H2,1H3. The van der Waals surface area contributed by atoms with Crippen LogP contribution in [0.2, 0.25) is 0 Å². The molecule has 1 heterocycles. The lowest BCUT2D eigenvalue weighted by atomic mass is 10.1. The second-order valence-electron chi connectivity index (χ2n) is 4.26. The lowest BCUT2D eigenvalue weighted by Gasteiger charge is -2.26. The highest BCUT2D eigenvalue weighted by Gasteiger charge is 2.16. The molecule has 0 amide bonds. The highest BCUT2D eigenvalue weighted by molar-refractivity contribution is 7.85. The predicted octanol–water partition coefficient (Wildman–Crippen LogP) is 1.13. The first-order valence-electron chi connectivity index (χ1n) is 5.87. The molecule has 5 heteroatoms. The fraction of sp³-hybridized carbons (Fsp3) is 0.462. The van der Waals surface area contributed by atoms with E-state index in [1.54, 1.807) is 13.2 Å². The summed E-state index contributed by atoms with van der Waals surface area (Å²) in [7, 11) is 0.978. The van der Waals surface area contributed by atoms with E-state index in [2.05, 4.69) is 11.0 Å². The molecule has 96 valence electrons. The molecule has 18 heavy (non-hydrogen) atoms. The molecule has 0 bridgehead atoms. The first-order chi connectivity index (χ1) is 8.72. The van der Waals surface area contributed by atoms with E-state index in [1.807, 2.05) is 12.1 Å². The van der Waals surface area contributed by atoms with Crippen LogP contribution in [0, 0.1) is 11.3 Å². The molecule has 0 radical (unpaired) electrons. The number of ether oxygens (including phenoxy) is 1. The number of benzene rings is 1. The van der Waals surface area contributed by atoms with Gasteiger partial charge in [-0.1, -0.05) is 0 Å². The SMILES string of the molecule is COc1ccc(C#N)cc1CN1CCS(=O)CC1. The largest absolute Gasteiger partial charge is 0.496 e. The number of hydrogen-bond acceptors (Lipinski definition) is 4. The Kier molecular flexibility index (Phi) is 4.34. The summed E-state index contributed by atoms with van der Waals surface area (Å²) in [4.78, 5) is 2.25. The van der Waals surface area contributed by atoms with E-state index in [4.69, 9.17) is 10.00 Å². The molecule has 1 aliphatic heterocycles. The van der Waals surface area contributed by atoms with Gasteiger partial charge in [-0.05, 0) is 18.2 Å². The molecule has 1 aromatic rings. The molecule has 1 aromatic carbocycles. The van der Waals surface area contributed by atoms with Gasteiger partial charge in [0.05, 0.1) is 18.7 Å². The Bertz CT molecular complexity index is 486. The maximum absolute atomic E-state index is 11.3. The normalized spacial score (nSPS) is 17.3. The zero-order chi connectivity index (χ0) is 13.0. The Morgan fingerprint density at radius 2 is 2.17 bits per heavy atom. The van der Waals surface area contributed by atoms with Crippen LogP contribution in [-0.2, 0) is 17.3 Å². The minimum Gasteiger partial charge on any atom is -0.496 e. The first-order valence-corrected chi connectivity index (χ1v) is 7.36. The monoisotopic (exact) mass is 264 g/mol. The van der Waals surface area contributed by atoms with Crippen molar-refractivity contribution in [2.75, 3.05) is 31.7 Å². The van der Waals surface area contributed by atoms with Crippen LogP contribution in [0.3, 0.4) is 0 Å². The van der Waals surface area contributed by atoms with Crippen molar-refractivity contribution < 1.29 is 8.95 Å². The third kappa shape index (κ3) is 3.09. The van der Waals surface area contributed by atoms with Crippen LogP contribution in [0.1, 0.15) is 11.1 Å². The van der Waals surface area contributed by atoms with Crippen LogP contribution >= 0.6 is 0 Å². The van der Waals surface area contributed by atoms with Gasteiger partial charge in [0.15, 0.2) is 0 Å². The molecule has 0 aromatic heterocycles. The van der Waals surface area contributed by atoms with Crippen LogP contribution in [-0.4, -0.2) is 40.8 Å². The van der Waals surface area contributed by atoms with Crippen LogP contribution in [0.25, 0.3) is 0 Å². The topological polar surface area (TPSA) is 53.3 Å². The molecule has 4 nitrogen and oxygen atoms in total. The van der Waals surface area contributed by atoms with Crippen molar-refractivity contribution >= 4 is 10.8 Å². The summed E-state index contributed by atoms with van der Waals surface area (Å²) in [5, 5.41) is 8.92. The van der Waals surface area contributed by atoms with Crippen molar-refractivity contribution in [3.63, 3.8) is 0 Å². The van der Waals surface area contributed by atoms with E-state index in [0.717, 1.165) is 42.5 Å². The minimum atomic E-state index is -0.657. The number of nitrogens with zero attached hydrogens (tertiary/aromatic N) is 2. The van der Waals surface area contributed by atoms with Crippen molar-refractivity contribution in [2.45, 2.75) is 6.54 Å². The lowest BCUT2D eigenvalue weighted by molar-refractivity contribution is 0.285. The highest BCUT2D eigenvalue weighted by Crippen LogP contribution is 2.21. The lowest BCUT2D eigenvalue weighted by Crippen LogP contribution is -2.37. The molecule has 0 atom stereocenters. The molecule has 2 rings (SSSR count). The second-order valence-corrected chi connectivity index (χ2v) is 5.96. The van der Waals surface area contributed by atoms with E-state index < -0.39 is 10.8 Å². The third-order valence-corrected chi connectivity index (χ3v) is 4.35. The summed E-state index contributed by atoms with van der Waals surface area (Å²) in [6.45, 7) is 2.43. The molecule has 0 spiro atoms. The van der Waals surface area contributed by atoms with Gasteiger partial charge in [0.1, 0.15) is 5.75 Å². The van der Waals surface area contributed by atoms with Crippen molar-refractivity contribution in [3.05, 3.63) is 29.3 Å². The molecule has 0 aliphatic carbocycles. The summed E-state index contributed by atoms with van der Waals surface area (Å²) >= 11 is 0. The number of hydrogen-bond donors (Lipinski definition) is 0. The molecule has 1 aliphatic rings. The number of nitriles is 1. The molecular weight excluding hydrogens is 248 g/mol. The second kappa shape index (κ2) is 5.98. The van der Waals surface area contributed by atoms with Gasteiger partial charge >= 0.3 is 0 Å². The van der Waals surface area contributed by atoms with Gasteiger partial charge in [0.2, 0.25) is 0 Å². The van der Waals surface area contributed by atoms with E-state index in [9.17, 15) is 4.21 Å². The van der Waals surface area contributed by atoms with Crippen LogP contribution < -0.4 is 4.74 Å². The van der Waals surface area contributed by atoms with E-state index >= 15 is 0 Å². The Morgan fingerprint density at radius 3 is 2.78 bits per heavy atom. The Labute approximate surface area is 110 Å². The van der Waals surface area contributed by atoms with Crippen molar-refractivity contribution in [3.8, 4) is 11.8 Å². The third-order valence-electron chi connectivity index (χ3n) is 3.07. The van der Waals surface area contributed by atoms with Gasteiger partial charge < -0.3 is 4.74 Å². The zero-order valence-corrected chi connectivity index (χ0v) is 11.2. The van der Waals surface area contributed by atoms with Gasteiger partial charge in [-0.15, -0.1) is 0 Å². The molecule has 1 fully saturated rings. The average Bonchev–Trinajstić information content (AvgIpc) is 2.41. The summed E-state index contributed by atoms with van der Waals surface area (Å²) < 4.78 is 16.6. The summed E-state index contributed by atoms with van der Waals surface area (Å²) in [6.07, 6.45) is 0. The molecule has 1 saturated heterocycles. The Hall–Kier alpha value is -1.38. The zero-order valence-electron chi connectivity index (χ0n) is 10.4. The predicted molar refractivity (Wildman–Crippen MR) is 70.9 cm³/mol. The van der Waals surface area contributed by atoms with Gasteiger partial charge in [0, 0.05) is 47.5 Å². The maximum Gasteiger partial charge on any atom is 0.123 e. The average molecular weight is 264 g/mol. The van der Waals surface area contributed by atoms with Crippen molar-refractivity contribution in [1.82, 2.24) is 4.90 Å². The van der Waals surface area contributed by atoms with E-state index in [1.165, 1.54) is 0 Å². The van der Waals surface area contributed by atoms with Crippen molar-refractivity contribution in [2.24, 2.45) is 0 Å². The van der Waals surface area contributed by atoms with Crippen LogP contribution in [0.5, 0.6) is 5.75 Å². The smallest absolute Gasteiger partial charge is 0.123 e. The summed E-state index contributed by atoms with van der Waals surface area (Å²) in [5.41, 5.74) is 1.66.